The maximum absolute atomic E-state index is 10.7. The molecule has 0 bridgehead atoms. The third-order valence-electron chi connectivity index (χ3n) is 2.02. The number of benzene rings is 1. The lowest BCUT2D eigenvalue weighted by atomic mass is 10.1. The van der Waals surface area contributed by atoms with E-state index in [2.05, 4.69) is 0 Å². The molecular weight excluding hydrogens is 230 g/mol. The highest BCUT2D eigenvalue weighted by atomic mass is 32.2. The fourth-order valence-corrected chi connectivity index (χ4v) is 1.71. The molecule has 1 atom stereocenters. The molecule has 1 unspecified atom stereocenters. The number of aliphatic carboxylic acids is 1. The lowest BCUT2D eigenvalue weighted by molar-refractivity contribution is -0.137. The van der Waals surface area contributed by atoms with Gasteiger partial charge in [-0.25, -0.2) is 4.31 Å². The van der Waals surface area contributed by atoms with E-state index in [1.54, 1.807) is 0 Å². The molecule has 0 aliphatic carbocycles. The van der Waals surface area contributed by atoms with E-state index >= 15 is 0 Å². The van der Waals surface area contributed by atoms with Crippen molar-refractivity contribution in [2.45, 2.75) is 6.42 Å². The minimum atomic E-state index is -2.50. The quantitative estimate of drug-likeness (QED) is 0.733. The number of carbonyl (C=O) groups is 1. The van der Waals surface area contributed by atoms with Gasteiger partial charge in [-0.05, 0) is 12.0 Å². The van der Waals surface area contributed by atoms with Crippen LogP contribution < -0.4 is 0 Å². The van der Waals surface area contributed by atoms with Gasteiger partial charge in [-0.3, -0.25) is 9.00 Å². The average molecular weight is 242 g/mol. The standard InChI is InChI=1S/C10H13NO4S/c12-10(13)8-11(16(14)15)7-6-9-4-2-1-3-5-9/h1-5H,6-8H2,(H,12,13)(H,14,15)/p-1. The van der Waals surface area contributed by atoms with E-state index < -0.39 is 23.8 Å². The minimum Gasteiger partial charge on any atom is -0.760 e. The molecular formula is C10H12NO4S-. The molecule has 5 nitrogen and oxygen atoms in total. The van der Waals surface area contributed by atoms with E-state index in [1.165, 1.54) is 0 Å². The minimum absolute atomic E-state index is 0.173. The summed E-state index contributed by atoms with van der Waals surface area (Å²) in [6.45, 7) is -0.324. The van der Waals surface area contributed by atoms with Crippen LogP contribution in [-0.4, -0.2) is 37.2 Å². The van der Waals surface area contributed by atoms with Crippen LogP contribution in [0.4, 0.5) is 0 Å². The SMILES string of the molecule is O=C(O)CN(CCc1ccccc1)S(=O)[O-]. The van der Waals surface area contributed by atoms with Gasteiger partial charge in [0.2, 0.25) is 0 Å². The van der Waals surface area contributed by atoms with Crippen molar-refractivity contribution in [1.29, 1.82) is 0 Å². The highest BCUT2D eigenvalue weighted by Crippen LogP contribution is 2.02. The fraction of sp³-hybridized carbons (Fsp3) is 0.300. The Morgan fingerprint density at radius 3 is 2.50 bits per heavy atom. The van der Waals surface area contributed by atoms with Crippen LogP contribution in [0.3, 0.4) is 0 Å². The highest BCUT2D eigenvalue weighted by Gasteiger charge is 2.09. The predicted octanol–water partition coefficient (Wildman–Crippen LogP) is 0.410. The Hall–Kier alpha value is -1.24. The van der Waals surface area contributed by atoms with E-state index in [-0.39, 0.29) is 6.54 Å². The Bertz CT molecular complexity index is 368. The maximum atomic E-state index is 10.7. The third kappa shape index (κ3) is 4.52. The van der Waals surface area contributed by atoms with Gasteiger partial charge in [0.1, 0.15) is 6.54 Å². The molecule has 16 heavy (non-hydrogen) atoms. The van der Waals surface area contributed by atoms with Crippen LogP contribution >= 0.6 is 0 Å². The Labute approximate surface area is 96.1 Å². The van der Waals surface area contributed by atoms with Crippen molar-refractivity contribution in [2.75, 3.05) is 13.1 Å². The smallest absolute Gasteiger partial charge is 0.318 e. The number of carboxylic acids is 1. The Kier molecular flexibility index (Phi) is 5.10. The number of nitrogens with zero attached hydrogens (tertiary/aromatic N) is 1. The zero-order valence-corrected chi connectivity index (χ0v) is 9.35. The summed E-state index contributed by atoms with van der Waals surface area (Å²) in [4.78, 5) is 10.4. The molecule has 1 rings (SSSR count). The van der Waals surface area contributed by atoms with E-state index in [4.69, 9.17) is 5.11 Å². The number of hydrogen-bond acceptors (Lipinski definition) is 3. The van der Waals surface area contributed by atoms with Crippen LogP contribution in [0.1, 0.15) is 5.56 Å². The van der Waals surface area contributed by atoms with Gasteiger partial charge >= 0.3 is 5.97 Å². The van der Waals surface area contributed by atoms with Crippen molar-refractivity contribution in [3.05, 3.63) is 35.9 Å². The third-order valence-corrected chi connectivity index (χ3v) is 2.75. The maximum Gasteiger partial charge on any atom is 0.318 e. The van der Waals surface area contributed by atoms with E-state index in [0.717, 1.165) is 9.87 Å². The first kappa shape index (κ1) is 12.8. The lowest BCUT2D eigenvalue weighted by Crippen LogP contribution is -2.33. The van der Waals surface area contributed by atoms with Gasteiger partial charge in [0, 0.05) is 17.8 Å². The first-order valence-corrected chi connectivity index (χ1v) is 5.73. The summed E-state index contributed by atoms with van der Waals surface area (Å²) in [5, 5.41) is 8.51. The molecule has 0 heterocycles. The van der Waals surface area contributed by atoms with Gasteiger partial charge in [-0.15, -0.1) is 0 Å². The molecule has 0 fully saturated rings. The summed E-state index contributed by atoms with van der Waals surface area (Å²) in [6, 6.07) is 9.31. The van der Waals surface area contributed by atoms with Gasteiger partial charge < -0.3 is 9.66 Å². The predicted molar refractivity (Wildman–Crippen MR) is 58.3 cm³/mol. The summed E-state index contributed by atoms with van der Waals surface area (Å²) < 4.78 is 22.3. The topological polar surface area (TPSA) is 80.7 Å². The summed E-state index contributed by atoms with van der Waals surface area (Å²) in [7, 11) is 0. The molecule has 0 saturated heterocycles. The van der Waals surface area contributed by atoms with Crippen LogP contribution in [0.25, 0.3) is 0 Å². The molecule has 0 aliphatic rings. The second kappa shape index (κ2) is 6.37. The first-order valence-electron chi connectivity index (χ1n) is 4.69. The lowest BCUT2D eigenvalue weighted by Gasteiger charge is -2.21. The zero-order chi connectivity index (χ0) is 12.0. The monoisotopic (exact) mass is 242 g/mol. The normalized spacial score (nSPS) is 12.6. The van der Waals surface area contributed by atoms with Crippen molar-refractivity contribution in [2.24, 2.45) is 0 Å². The first-order chi connectivity index (χ1) is 7.59. The van der Waals surface area contributed by atoms with Gasteiger partial charge in [0.25, 0.3) is 0 Å². The van der Waals surface area contributed by atoms with Gasteiger partial charge in [-0.1, -0.05) is 30.3 Å². The van der Waals surface area contributed by atoms with E-state index in [0.29, 0.717) is 6.42 Å². The molecule has 0 saturated carbocycles. The molecule has 88 valence electrons. The van der Waals surface area contributed by atoms with Crippen LogP contribution in [-0.2, 0) is 22.5 Å². The van der Waals surface area contributed by atoms with Crippen molar-refractivity contribution in [3.8, 4) is 0 Å². The van der Waals surface area contributed by atoms with Crippen LogP contribution in [0.2, 0.25) is 0 Å². The largest absolute Gasteiger partial charge is 0.760 e. The van der Waals surface area contributed by atoms with Gasteiger partial charge in [0.15, 0.2) is 0 Å². The molecule has 1 aromatic rings. The van der Waals surface area contributed by atoms with Crippen LogP contribution in [0, 0.1) is 0 Å². The van der Waals surface area contributed by atoms with Crippen LogP contribution in [0.15, 0.2) is 30.3 Å². The number of hydrogen-bond donors (Lipinski definition) is 1. The molecule has 1 aromatic carbocycles. The van der Waals surface area contributed by atoms with Crippen molar-refractivity contribution in [1.82, 2.24) is 4.31 Å². The molecule has 0 aromatic heterocycles. The van der Waals surface area contributed by atoms with E-state index in [1.807, 2.05) is 30.3 Å². The molecule has 0 spiro atoms. The molecule has 0 aliphatic heterocycles. The summed E-state index contributed by atoms with van der Waals surface area (Å²) in [6.07, 6.45) is 0.502. The number of carboxylic acid groups (broad SMARTS) is 1. The Morgan fingerprint density at radius 2 is 2.00 bits per heavy atom. The van der Waals surface area contributed by atoms with E-state index in [9.17, 15) is 13.6 Å². The Morgan fingerprint density at radius 1 is 1.38 bits per heavy atom. The number of rotatable bonds is 6. The summed E-state index contributed by atoms with van der Waals surface area (Å²) in [5.74, 6) is -1.16. The average Bonchev–Trinajstić information content (AvgIpc) is 2.25. The zero-order valence-electron chi connectivity index (χ0n) is 8.54. The van der Waals surface area contributed by atoms with Crippen molar-refractivity contribution in [3.63, 3.8) is 0 Å². The van der Waals surface area contributed by atoms with Crippen molar-refractivity contribution >= 4 is 17.2 Å². The second-order valence-corrected chi connectivity index (χ2v) is 4.16. The highest BCUT2D eigenvalue weighted by molar-refractivity contribution is 7.76. The summed E-state index contributed by atoms with van der Waals surface area (Å²) >= 11 is -2.50. The van der Waals surface area contributed by atoms with Gasteiger partial charge in [-0.2, -0.15) is 0 Å². The van der Waals surface area contributed by atoms with Crippen LogP contribution in [0.5, 0.6) is 0 Å². The van der Waals surface area contributed by atoms with Gasteiger partial charge in [0.05, 0.1) is 0 Å². The molecule has 0 radical (unpaired) electrons. The fourth-order valence-electron chi connectivity index (χ4n) is 1.26. The molecule has 6 heteroatoms. The summed E-state index contributed by atoms with van der Waals surface area (Å²) in [5.41, 5.74) is 0.975. The second-order valence-electron chi connectivity index (χ2n) is 3.21. The Balaban J connectivity index is 2.50. The van der Waals surface area contributed by atoms with Crippen molar-refractivity contribution < 1.29 is 18.7 Å². The molecule has 0 amide bonds. The molecule has 1 N–H and O–H groups in total.